The van der Waals surface area contributed by atoms with Gasteiger partial charge >= 0.3 is 0 Å². The van der Waals surface area contributed by atoms with Crippen molar-refractivity contribution in [2.45, 2.75) is 19.8 Å². The number of nitrogen functional groups attached to an aromatic ring is 1. The number of hydrogen-bond donors (Lipinski definition) is 2. The summed E-state index contributed by atoms with van der Waals surface area (Å²) in [4.78, 5) is 17.5. The fourth-order valence-electron chi connectivity index (χ4n) is 3.60. The van der Waals surface area contributed by atoms with Crippen molar-refractivity contribution >= 4 is 40.6 Å². The largest absolute Gasteiger partial charge is 0.494 e. The van der Waals surface area contributed by atoms with Crippen LogP contribution in [0.4, 0.5) is 11.4 Å². The van der Waals surface area contributed by atoms with Gasteiger partial charge in [-0.05, 0) is 67.8 Å². The van der Waals surface area contributed by atoms with Gasteiger partial charge < -0.3 is 15.8 Å². The van der Waals surface area contributed by atoms with E-state index in [1.165, 1.54) is 0 Å². The van der Waals surface area contributed by atoms with Crippen LogP contribution >= 0.6 is 12.4 Å². The number of nitrogens with two attached hydrogens (primary N) is 1. The van der Waals surface area contributed by atoms with Crippen LogP contribution in [0.1, 0.15) is 28.0 Å². The van der Waals surface area contributed by atoms with Gasteiger partial charge in [0.25, 0.3) is 5.91 Å². The number of carbonyl (C=O) groups excluding carboxylic acids is 1. The van der Waals surface area contributed by atoms with Gasteiger partial charge in [-0.3, -0.25) is 9.78 Å². The van der Waals surface area contributed by atoms with Crippen molar-refractivity contribution in [1.29, 1.82) is 0 Å². The highest BCUT2D eigenvalue weighted by atomic mass is 35.5. The van der Waals surface area contributed by atoms with Crippen LogP contribution in [0, 0.1) is 6.92 Å². The van der Waals surface area contributed by atoms with Crippen molar-refractivity contribution in [2.75, 3.05) is 17.7 Å². The molecule has 0 unspecified atom stereocenters. The van der Waals surface area contributed by atoms with Gasteiger partial charge in [0.15, 0.2) is 0 Å². The Morgan fingerprint density at radius 1 is 1.00 bits per heavy atom. The standard InChI is InChI=1S/C26H25N3O2.ClH/c1-18-16-24(27)23-17-20(13-14-25(23)28-18)29-26(30)22-12-6-5-8-19(22)9-7-15-31-21-10-3-2-4-11-21;/h2-6,8,10-14,16-17H,7,9,15H2,1H3,(H2,27,28)(H,29,30);1H. The lowest BCUT2D eigenvalue weighted by Crippen LogP contribution is -2.14. The Hall–Kier alpha value is -3.57. The third-order valence-corrected chi connectivity index (χ3v) is 5.09. The van der Waals surface area contributed by atoms with Crippen LogP contribution in [0.5, 0.6) is 5.75 Å². The van der Waals surface area contributed by atoms with Crippen molar-refractivity contribution in [3.8, 4) is 5.75 Å². The number of anilines is 2. The number of aromatic nitrogens is 1. The molecular formula is C26H26ClN3O2. The van der Waals surface area contributed by atoms with E-state index in [4.69, 9.17) is 10.5 Å². The number of pyridine rings is 1. The van der Waals surface area contributed by atoms with Gasteiger partial charge in [0.05, 0.1) is 12.1 Å². The van der Waals surface area contributed by atoms with Crippen molar-refractivity contribution in [1.82, 2.24) is 4.98 Å². The van der Waals surface area contributed by atoms with E-state index in [-0.39, 0.29) is 18.3 Å². The Morgan fingerprint density at radius 3 is 2.56 bits per heavy atom. The molecule has 0 saturated heterocycles. The summed E-state index contributed by atoms with van der Waals surface area (Å²) in [5.74, 6) is 0.714. The summed E-state index contributed by atoms with van der Waals surface area (Å²) in [6.07, 6.45) is 1.57. The number of benzene rings is 3. The molecule has 3 aromatic carbocycles. The predicted molar refractivity (Wildman–Crippen MR) is 133 cm³/mol. The summed E-state index contributed by atoms with van der Waals surface area (Å²) in [5, 5.41) is 3.82. The molecule has 0 bridgehead atoms. The van der Waals surface area contributed by atoms with Crippen LogP contribution in [0.15, 0.2) is 78.9 Å². The molecule has 5 nitrogen and oxygen atoms in total. The number of amides is 1. The normalized spacial score (nSPS) is 10.4. The van der Waals surface area contributed by atoms with Gasteiger partial charge in [0.1, 0.15) is 5.75 Å². The molecule has 0 aliphatic heterocycles. The van der Waals surface area contributed by atoms with Crippen LogP contribution in [-0.2, 0) is 6.42 Å². The number of fused-ring (bicyclic) bond motifs is 1. The van der Waals surface area contributed by atoms with E-state index in [1.807, 2.05) is 85.8 Å². The third-order valence-electron chi connectivity index (χ3n) is 5.09. The monoisotopic (exact) mass is 447 g/mol. The lowest BCUT2D eigenvalue weighted by atomic mass is 10.0. The Balaban J connectivity index is 0.00000289. The van der Waals surface area contributed by atoms with Crippen molar-refractivity contribution in [3.63, 3.8) is 0 Å². The molecule has 164 valence electrons. The Bertz CT molecular complexity index is 1210. The zero-order chi connectivity index (χ0) is 21.6. The van der Waals surface area contributed by atoms with Crippen molar-refractivity contribution in [3.05, 3.63) is 95.7 Å². The van der Waals surface area contributed by atoms with Gasteiger partial charge in [-0.1, -0.05) is 36.4 Å². The van der Waals surface area contributed by atoms with E-state index in [1.54, 1.807) is 0 Å². The van der Waals surface area contributed by atoms with Crippen molar-refractivity contribution < 1.29 is 9.53 Å². The lowest BCUT2D eigenvalue weighted by Gasteiger charge is -2.12. The molecule has 0 aliphatic rings. The van der Waals surface area contributed by atoms with Gasteiger partial charge in [0, 0.05) is 28.0 Å². The van der Waals surface area contributed by atoms with Crippen LogP contribution in [-0.4, -0.2) is 17.5 Å². The minimum absolute atomic E-state index is 0. The zero-order valence-corrected chi connectivity index (χ0v) is 18.7. The average Bonchev–Trinajstić information content (AvgIpc) is 2.78. The summed E-state index contributed by atoms with van der Waals surface area (Å²) in [5.41, 5.74) is 10.8. The van der Waals surface area contributed by atoms with Gasteiger partial charge in [-0.25, -0.2) is 0 Å². The highest BCUT2D eigenvalue weighted by Crippen LogP contribution is 2.24. The smallest absolute Gasteiger partial charge is 0.255 e. The first kappa shape index (κ1) is 23.1. The van der Waals surface area contributed by atoms with E-state index in [9.17, 15) is 4.79 Å². The number of aryl methyl sites for hydroxylation is 2. The number of halogens is 1. The first-order valence-electron chi connectivity index (χ1n) is 10.3. The van der Waals surface area contributed by atoms with Crippen LogP contribution in [0.3, 0.4) is 0 Å². The average molecular weight is 448 g/mol. The molecule has 1 heterocycles. The van der Waals surface area contributed by atoms with E-state index in [0.29, 0.717) is 23.5 Å². The maximum atomic E-state index is 13.0. The molecule has 32 heavy (non-hydrogen) atoms. The number of rotatable bonds is 7. The lowest BCUT2D eigenvalue weighted by molar-refractivity contribution is 0.102. The molecule has 6 heteroatoms. The molecule has 1 aromatic heterocycles. The highest BCUT2D eigenvalue weighted by Gasteiger charge is 2.12. The fraction of sp³-hybridized carbons (Fsp3) is 0.154. The number of nitrogens with zero attached hydrogens (tertiary/aromatic N) is 1. The molecule has 0 spiro atoms. The van der Waals surface area contributed by atoms with Crippen LogP contribution in [0.2, 0.25) is 0 Å². The summed E-state index contributed by atoms with van der Waals surface area (Å²) in [6.45, 7) is 2.50. The number of ether oxygens (including phenoxy) is 1. The second kappa shape index (κ2) is 10.6. The van der Waals surface area contributed by atoms with Crippen molar-refractivity contribution in [2.24, 2.45) is 0 Å². The third kappa shape index (κ3) is 5.56. The summed E-state index contributed by atoms with van der Waals surface area (Å²) in [6, 6.07) is 24.8. The number of carbonyl (C=O) groups is 1. The molecule has 4 rings (SSSR count). The van der Waals surface area contributed by atoms with Crippen LogP contribution in [0.25, 0.3) is 10.9 Å². The minimum atomic E-state index is -0.141. The number of hydrogen-bond acceptors (Lipinski definition) is 4. The highest BCUT2D eigenvalue weighted by molar-refractivity contribution is 6.06. The minimum Gasteiger partial charge on any atom is -0.494 e. The maximum absolute atomic E-state index is 13.0. The first-order valence-corrected chi connectivity index (χ1v) is 10.3. The Labute approximate surface area is 194 Å². The molecule has 0 saturated carbocycles. The quantitative estimate of drug-likeness (QED) is 0.350. The van der Waals surface area contributed by atoms with Crippen LogP contribution < -0.4 is 15.8 Å². The van der Waals surface area contributed by atoms with Gasteiger partial charge in [0.2, 0.25) is 0 Å². The Kier molecular flexibility index (Phi) is 7.68. The molecule has 0 fully saturated rings. The Morgan fingerprint density at radius 2 is 1.75 bits per heavy atom. The number of para-hydroxylation sites is 1. The predicted octanol–water partition coefficient (Wildman–Crippen LogP) is 5.81. The summed E-state index contributed by atoms with van der Waals surface area (Å²) in [7, 11) is 0. The molecule has 0 aliphatic carbocycles. The summed E-state index contributed by atoms with van der Waals surface area (Å²) < 4.78 is 5.77. The SMILES string of the molecule is Cc1cc(N)c2cc(NC(=O)c3ccccc3CCCOc3ccccc3)ccc2n1.Cl. The molecule has 0 radical (unpaired) electrons. The fourth-order valence-corrected chi connectivity index (χ4v) is 3.60. The summed E-state index contributed by atoms with van der Waals surface area (Å²) >= 11 is 0. The molecule has 3 N–H and O–H groups in total. The van der Waals surface area contributed by atoms with E-state index >= 15 is 0 Å². The first-order chi connectivity index (χ1) is 15.1. The van der Waals surface area contributed by atoms with Gasteiger partial charge in [-0.15, -0.1) is 12.4 Å². The molecule has 1 amide bonds. The molecular weight excluding hydrogens is 422 g/mol. The number of nitrogens with one attached hydrogen (secondary N) is 1. The topological polar surface area (TPSA) is 77.2 Å². The van der Waals surface area contributed by atoms with E-state index in [0.717, 1.165) is 40.8 Å². The zero-order valence-electron chi connectivity index (χ0n) is 17.9. The molecule has 0 atom stereocenters. The second-order valence-electron chi connectivity index (χ2n) is 7.46. The maximum Gasteiger partial charge on any atom is 0.255 e. The molecule has 4 aromatic rings. The van der Waals surface area contributed by atoms with E-state index < -0.39 is 0 Å². The van der Waals surface area contributed by atoms with E-state index in [2.05, 4.69) is 10.3 Å². The second-order valence-corrected chi connectivity index (χ2v) is 7.46. The van der Waals surface area contributed by atoms with Gasteiger partial charge in [-0.2, -0.15) is 0 Å².